The molecule has 0 aromatic heterocycles. The largest absolute Gasteiger partial charge is 0.324 e. The molecule has 0 amide bonds. The van der Waals surface area contributed by atoms with Gasteiger partial charge in [0.2, 0.25) is 0 Å². The Morgan fingerprint density at radius 1 is 1.18 bits per heavy atom. The summed E-state index contributed by atoms with van der Waals surface area (Å²) in [4.78, 5) is 0. The van der Waals surface area contributed by atoms with E-state index in [0.29, 0.717) is 5.92 Å². The first-order chi connectivity index (χ1) is 8.09. The van der Waals surface area contributed by atoms with Gasteiger partial charge >= 0.3 is 0 Å². The molecule has 4 unspecified atom stereocenters. The summed E-state index contributed by atoms with van der Waals surface area (Å²) in [5.74, 6) is 2.31. The smallest absolute Gasteiger partial charge is 0.0334 e. The molecule has 4 atom stereocenters. The molecule has 1 saturated carbocycles. The van der Waals surface area contributed by atoms with Crippen LogP contribution < -0.4 is 5.73 Å². The van der Waals surface area contributed by atoms with E-state index in [-0.39, 0.29) is 6.04 Å². The highest BCUT2D eigenvalue weighted by molar-refractivity contribution is 9.10. The maximum absolute atomic E-state index is 6.45. The first-order valence-corrected chi connectivity index (χ1v) is 7.39. The second kappa shape index (κ2) is 5.53. The molecule has 1 aromatic carbocycles. The minimum atomic E-state index is 0.181. The molecule has 1 nitrogen and oxygen atoms in total. The first kappa shape index (κ1) is 13.1. The summed E-state index contributed by atoms with van der Waals surface area (Å²) in [5.41, 5.74) is 7.71. The second-order valence-electron chi connectivity index (χ2n) is 5.57. The third-order valence-electron chi connectivity index (χ3n) is 4.41. The fourth-order valence-electron chi connectivity index (χ4n) is 2.91. The fourth-order valence-corrected chi connectivity index (χ4v) is 3.46. The molecule has 0 radical (unpaired) electrons. The SMILES string of the molecule is CC1CCC(C(N)c2ccccc2Br)CC1C. The summed E-state index contributed by atoms with van der Waals surface area (Å²) < 4.78 is 1.15. The lowest BCUT2D eigenvalue weighted by molar-refractivity contribution is 0.186. The highest BCUT2D eigenvalue weighted by Crippen LogP contribution is 2.40. The van der Waals surface area contributed by atoms with Crippen LogP contribution in [-0.2, 0) is 0 Å². The molecule has 0 saturated heterocycles. The van der Waals surface area contributed by atoms with Gasteiger partial charge in [-0.3, -0.25) is 0 Å². The quantitative estimate of drug-likeness (QED) is 0.853. The summed E-state index contributed by atoms with van der Waals surface area (Å²) >= 11 is 3.61. The van der Waals surface area contributed by atoms with Crippen molar-refractivity contribution in [3.8, 4) is 0 Å². The van der Waals surface area contributed by atoms with E-state index in [1.165, 1.54) is 24.8 Å². The molecule has 2 rings (SSSR count). The van der Waals surface area contributed by atoms with Crippen LogP contribution in [0.2, 0.25) is 0 Å². The lowest BCUT2D eigenvalue weighted by Crippen LogP contribution is -2.29. The number of hydrogen-bond acceptors (Lipinski definition) is 1. The van der Waals surface area contributed by atoms with Crippen molar-refractivity contribution in [1.29, 1.82) is 0 Å². The van der Waals surface area contributed by atoms with E-state index in [1.807, 2.05) is 6.07 Å². The molecule has 1 aliphatic rings. The zero-order valence-corrected chi connectivity index (χ0v) is 12.3. The maximum Gasteiger partial charge on any atom is 0.0334 e. The van der Waals surface area contributed by atoms with Gasteiger partial charge in [0.25, 0.3) is 0 Å². The molecule has 94 valence electrons. The van der Waals surface area contributed by atoms with Crippen LogP contribution in [0.15, 0.2) is 28.7 Å². The minimum absolute atomic E-state index is 0.181. The average Bonchev–Trinajstić information content (AvgIpc) is 2.32. The Morgan fingerprint density at radius 2 is 1.88 bits per heavy atom. The molecule has 2 heteroatoms. The molecule has 1 fully saturated rings. The van der Waals surface area contributed by atoms with Gasteiger partial charge in [0.1, 0.15) is 0 Å². The topological polar surface area (TPSA) is 26.0 Å². The van der Waals surface area contributed by atoms with Crippen molar-refractivity contribution >= 4 is 15.9 Å². The van der Waals surface area contributed by atoms with Crippen LogP contribution >= 0.6 is 15.9 Å². The lowest BCUT2D eigenvalue weighted by Gasteiger charge is -2.35. The van der Waals surface area contributed by atoms with Crippen LogP contribution in [0.1, 0.15) is 44.7 Å². The number of rotatable bonds is 2. The molecular formula is C15H22BrN. The second-order valence-corrected chi connectivity index (χ2v) is 6.43. The predicted molar refractivity (Wildman–Crippen MR) is 76.7 cm³/mol. The number of halogens is 1. The van der Waals surface area contributed by atoms with Gasteiger partial charge in [-0.15, -0.1) is 0 Å². The van der Waals surface area contributed by atoms with Crippen LogP contribution in [0.5, 0.6) is 0 Å². The lowest BCUT2D eigenvalue weighted by atomic mass is 9.72. The normalized spacial score (nSPS) is 31.2. The first-order valence-electron chi connectivity index (χ1n) is 6.59. The standard InChI is InChI=1S/C15H22BrN/c1-10-7-8-12(9-11(10)2)15(17)13-5-3-4-6-14(13)16/h3-6,10-12,15H,7-9,17H2,1-2H3. The van der Waals surface area contributed by atoms with Gasteiger partial charge < -0.3 is 5.73 Å². The molecule has 0 bridgehead atoms. The number of nitrogens with two attached hydrogens (primary N) is 1. The van der Waals surface area contributed by atoms with Crippen LogP contribution in [0.4, 0.5) is 0 Å². The summed E-state index contributed by atoms with van der Waals surface area (Å²) in [7, 11) is 0. The molecule has 17 heavy (non-hydrogen) atoms. The van der Waals surface area contributed by atoms with Gasteiger partial charge in [-0.1, -0.05) is 54.4 Å². The minimum Gasteiger partial charge on any atom is -0.324 e. The van der Waals surface area contributed by atoms with E-state index in [4.69, 9.17) is 5.73 Å². The van der Waals surface area contributed by atoms with Gasteiger partial charge in [0.15, 0.2) is 0 Å². The van der Waals surface area contributed by atoms with Crippen LogP contribution in [0.3, 0.4) is 0 Å². The summed E-state index contributed by atoms with van der Waals surface area (Å²) in [6.07, 6.45) is 3.86. The van der Waals surface area contributed by atoms with Crippen LogP contribution in [0, 0.1) is 17.8 Å². The van der Waals surface area contributed by atoms with E-state index >= 15 is 0 Å². The van der Waals surface area contributed by atoms with Crippen molar-refractivity contribution in [2.75, 3.05) is 0 Å². The molecule has 2 N–H and O–H groups in total. The van der Waals surface area contributed by atoms with E-state index in [0.717, 1.165) is 16.3 Å². The van der Waals surface area contributed by atoms with Crippen molar-refractivity contribution in [3.63, 3.8) is 0 Å². The highest BCUT2D eigenvalue weighted by atomic mass is 79.9. The molecule has 0 spiro atoms. The van der Waals surface area contributed by atoms with Gasteiger partial charge in [-0.2, -0.15) is 0 Å². The monoisotopic (exact) mass is 295 g/mol. The van der Waals surface area contributed by atoms with Crippen molar-refractivity contribution in [2.45, 2.75) is 39.2 Å². The highest BCUT2D eigenvalue weighted by Gasteiger charge is 2.29. The van der Waals surface area contributed by atoms with E-state index in [2.05, 4.69) is 48.0 Å². The summed E-state index contributed by atoms with van der Waals surface area (Å²) in [6, 6.07) is 8.54. The van der Waals surface area contributed by atoms with Crippen molar-refractivity contribution in [2.24, 2.45) is 23.5 Å². The molecule has 0 heterocycles. The van der Waals surface area contributed by atoms with Crippen LogP contribution in [-0.4, -0.2) is 0 Å². The van der Waals surface area contributed by atoms with E-state index in [9.17, 15) is 0 Å². The zero-order valence-electron chi connectivity index (χ0n) is 10.7. The summed E-state index contributed by atoms with van der Waals surface area (Å²) in [6.45, 7) is 4.73. The van der Waals surface area contributed by atoms with Crippen molar-refractivity contribution < 1.29 is 0 Å². The average molecular weight is 296 g/mol. The van der Waals surface area contributed by atoms with Gasteiger partial charge in [0.05, 0.1) is 0 Å². The summed E-state index contributed by atoms with van der Waals surface area (Å²) in [5, 5.41) is 0. The van der Waals surface area contributed by atoms with Crippen molar-refractivity contribution in [3.05, 3.63) is 34.3 Å². The maximum atomic E-state index is 6.45. The third-order valence-corrected chi connectivity index (χ3v) is 5.13. The Bertz CT molecular complexity index is 377. The predicted octanol–water partition coefficient (Wildman–Crippen LogP) is 4.52. The third kappa shape index (κ3) is 2.92. The van der Waals surface area contributed by atoms with Crippen molar-refractivity contribution in [1.82, 2.24) is 0 Å². The molecule has 1 aromatic rings. The fraction of sp³-hybridized carbons (Fsp3) is 0.600. The van der Waals surface area contributed by atoms with E-state index in [1.54, 1.807) is 0 Å². The number of benzene rings is 1. The molecule has 0 aliphatic heterocycles. The van der Waals surface area contributed by atoms with Crippen LogP contribution in [0.25, 0.3) is 0 Å². The number of hydrogen-bond donors (Lipinski definition) is 1. The Kier molecular flexibility index (Phi) is 4.26. The molecular weight excluding hydrogens is 274 g/mol. The molecule has 1 aliphatic carbocycles. The van der Waals surface area contributed by atoms with Gasteiger partial charge in [-0.05, 0) is 42.2 Å². The zero-order chi connectivity index (χ0) is 12.4. The Morgan fingerprint density at radius 3 is 2.53 bits per heavy atom. The van der Waals surface area contributed by atoms with Gasteiger partial charge in [-0.25, -0.2) is 0 Å². The van der Waals surface area contributed by atoms with E-state index < -0.39 is 0 Å². The Balaban J connectivity index is 2.10. The Labute approximate surface area is 113 Å². The Hall–Kier alpha value is -0.340. The van der Waals surface area contributed by atoms with Gasteiger partial charge in [0, 0.05) is 10.5 Å².